The van der Waals surface area contributed by atoms with Crippen LogP contribution >= 0.6 is 11.6 Å². The molecule has 4 nitrogen and oxygen atoms in total. The van der Waals surface area contributed by atoms with Gasteiger partial charge >= 0.3 is 0 Å². The highest BCUT2D eigenvalue weighted by molar-refractivity contribution is 6.31. The first-order valence-corrected chi connectivity index (χ1v) is 7.44. The molecule has 1 aromatic rings. The number of carbonyl (C=O) groups excluding carboxylic acids is 1. The fraction of sp³-hybridized carbons (Fsp3) is 0.533. The normalized spacial score (nSPS) is 10.5. The minimum absolute atomic E-state index is 0.0414. The van der Waals surface area contributed by atoms with Crippen molar-refractivity contribution in [1.82, 2.24) is 0 Å². The Hall–Kier alpha value is -1.26. The van der Waals surface area contributed by atoms with E-state index in [-0.39, 0.29) is 12.5 Å². The highest BCUT2D eigenvalue weighted by atomic mass is 35.5. The van der Waals surface area contributed by atoms with Gasteiger partial charge in [0, 0.05) is 11.6 Å². The number of carbonyl (C=O) groups is 1. The van der Waals surface area contributed by atoms with Gasteiger partial charge in [-0.25, -0.2) is 0 Å². The van der Waals surface area contributed by atoms with E-state index in [0.717, 1.165) is 12.8 Å². The number of nitrogens with one attached hydrogen (secondary N) is 1. The lowest BCUT2D eigenvalue weighted by molar-refractivity contribution is -0.120. The number of amides is 1. The van der Waals surface area contributed by atoms with E-state index in [1.54, 1.807) is 18.2 Å². The molecule has 1 amide bonds. The van der Waals surface area contributed by atoms with Gasteiger partial charge in [0.25, 0.3) is 0 Å². The van der Waals surface area contributed by atoms with E-state index in [9.17, 15) is 4.79 Å². The van der Waals surface area contributed by atoms with Crippen LogP contribution in [0.15, 0.2) is 18.2 Å². The number of hydrogen-bond acceptors (Lipinski definition) is 3. The standard InChI is InChI=1S/C15H23ClN2O2/c1-2-3-4-5-6-9-20-11-15(19)18-14-10-12(16)7-8-13(14)17/h7-8,10H,2-6,9,11,17H2,1H3,(H,18,19). The number of ether oxygens (including phenoxy) is 1. The van der Waals surface area contributed by atoms with Crippen molar-refractivity contribution < 1.29 is 9.53 Å². The second-order valence-electron chi connectivity index (χ2n) is 4.75. The molecule has 0 aromatic heterocycles. The van der Waals surface area contributed by atoms with Crippen LogP contribution < -0.4 is 11.1 Å². The Morgan fingerprint density at radius 3 is 2.80 bits per heavy atom. The molecule has 0 unspecified atom stereocenters. The molecule has 0 bridgehead atoms. The van der Waals surface area contributed by atoms with Crippen LogP contribution in [-0.2, 0) is 9.53 Å². The number of nitrogen functional groups attached to an aromatic ring is 1. The molecule has 20 heavy (non-hydrogen) atoms. The van der Waals surface area contributed by atoms with Gasteiger partial charge in [-0.15, -0.1) is 0 Å². The summed E-state index contributed by atoms with van der Waals surface area (Å²) in [7, 11) is 0. The zero-order valence-corrected chi connectivity index (χ0v) is 12.7. The van der Waals surface area contributed by atoms with Gasteiger partial charge in [0.2, 0.25) is 5.91 Å². The molecule has 0 aliphatic heterocycles. The third kappa shape index (κ3) is 6.78. The van der Waals surface area contributed by atoms with E-state index in [4.69, 9.17) is 22.1 Å². The number of halogens is 1. The summed E-state index contributed by atoms with van der Waals surface area (Å²) in [6, 6.07) is 4.96. The van der Waals surface area contributed by atoms with E-state index < -0.39 is 0 Å². The van der Waals surface area contributed by atoms with Gasteiger partial charge in [-0.3, -0.25) is 4.79 Å². The summed E-state index contributed by atoms with van der Waals surface area (Å²) in [6.45, 7) is 2.84. The zero-order valence-electron chi connectivity index (χ0n) is 12.0. The molecule has 0 atom stereocenters. The molecule has 3 N–H and O–H groups in total. The summed E-state index contributed by atoms with van der Waals surface area (Å²) in [5, 5.41) is 3.22. The summed E-state index contributed by atoms with van der Waals surface area (Å²) in [6.07, 6.45) is 5.85. The second kappa shape index (κ2) is 9.61. The molecular formula is C15H23ClN2O2. The number of hydrogen-bond donors (Lipinski definition) is 2. The molecule has 112 valence electrons. The largest absolute Gasteiger partial charge is 0.397 e. The predicted octanol–water partition coefficient (Wildman–Crippen LogP) is 3.85. The molecule has 0 saturated carbocycles. The third-order valence-electron chi connectivity index (χ3n) is 2.91. The molecule has 5 heteroatoms. The van der Waals surface area contributed by atoms with Crippen LogP contribution in [0.5, 0.6) is 0 Å². The lowest BCUT2D eigenvalue weighted by atomic mass is 10.2. The topological polar surface area (TPSA) is 64.3 Å². The summed E-state index contributed by atoms with van der Waals surface area (Å²) < 4.78 is 5.33. The molecule has 0 saturated heterocycles. The molecule has 0 heterocycles. The van der Waals surface area contributed by atoms with Crippen LogP contribution in [0.4, 0.5) is 11.4 Å². The quantitative estimate of drug-likeness (QED) is 0.537. The summed E-state index contributed by atoms with van der Waals surface area (Å²) >= 11 is 5.85. The maximum atomic E-state index is 11.7. The molecule has 1 rings (SSSR count). The van der Waals surface area contributed by atoms with Gasteiger partial charge in [-0.1, -0.05) is 44.2 Å². The van der Waals surface area contributed by atoms with Crippen LogP contribution in [-0.4, -0.2) is 19.1 Å². The lowest BCUT2D eigenvalue weighted by Gasteiger charge is -2.09. The van der Waals surface area contributed by atoms with Crippen molar-refractivity contribution in [3.8, 4) is 0 Å². The summed E-state index contributed by atoms with van der Waals surface area (Å²) in [5.74, 6) is -0.215. The number of anilines is 2. The van der Waals surface area contributed by atoms with Crippen LogP contribution in [0.3, 0.4) is 0 Å². The first-order valence-electron chi connectivity index (χ1n) is 7.06. The maximum absolute atomic E-state index is 11.7. The maximum Gasteiger partial charge on any atom is 0.250 e. The molecule has 0 aliphatic carbocycles. The number of unbranched alkanes of at least 4 members (excludes halogenated alkanes) is 4. The average Bonchev–Trinajstić information content (AvgIpc) is 2.42. The van der Waals surface area contributed by atoms with Crippen molar-refractivity contribution in [3.05, 3.63) is 23.2 Å². The highest BCUT2D eigenvalue weighted by Crippen LogP contribution is 2.22. The summed E-state index contributed by atoms with van der Waals surface area (Å²) in [5.41, 5.74) is 6.76. The SMILES string of the molecule is CCCCCCCOCC(=O)Nc1cc(Cl)ccc1N. The van der Waals surface area contributed by atoms with Gasteiger partial charge in [0.1, 0.15) is 6.61 Å². The molecule has 1 aromatic carbocycles. The van der Waals surface area contributed by atoms with Crippen molar-refractivity contribution >= 4 is 28.9 Å². The monoisotopic (exact) mass is 298 g/mol. The van der Waals surface area contributed by atoms with Gasteiger partial charge in [0.15, 0.2) is 0 Å². The Labute approximate surface area is 125 Å². The van der Waals surface area contributed by atoms with Gasteiger partial charge in [0.05, 0.1) is 11.4 Å². The first kappa shape index (κ1) is 16.8. The van der Waals surface area contributed by atoms with E-state index in [0.29, 0.717) is 23.0 Å². The Balaban J connectivity index is 2.19. The number of rotatable bonds is 9. The molecule has 0 radical (unpaired) electrons. The van der Waals surface area contributed by atoms with Crippen molar-refractivity contribution in [2.45, 2.75) is 39.0 Å². The predicted molar refractivity (Wildman–Crippen MR) is 84.1 cm³/mol. The molecule has 0 spiro atoms. The Morgan fingerprint density at radius 2 is 2.05 bits per heavy atom. The Bertz CT molecular complexity index is 424. The average molecular weight is 299 g/mol. The van der Waals surface area contributed by atoms with Crippen molar-refractivity contribution in [2.24, 2.45) is 0 Å². The van der Waals surface area contributed by atoms with Crippen LogP contribution in [0, 0.1) is 0 Å². The smallest absolute Gasteiger partial charge is 0.250 e. The van der Waals surface area contributed by atoms with Crippen molar-refractivity contribution in [3.63, 3.8) is 0 Å². The van der Waals surface area contributed by atoms with Crippen molar-refractivity contribution in [1.29, 1.82) is 0 Å². The minimum Gasteiger partial charge on any atom is -0.397 e. The first-order chi connectivity index (χ1) is 9.63. The zero-order chi connectivity index (χ0) is 14.8. The van der Waals surface area contributed by atoms with Crippen LogP contribution in [0.25, 0.3) is 0 Å². The van der Waals surface area contributed by atoms with Crippen molar-refractivity contribution in [2.75, 3.05) is 24.3 Å². The van der Waals surface area contributed by atoms with E-state index in [1.165, 1.54) is 19.3 Å². The molecule has 0 aliphatic rings. The summed E-state index contributed by atoms with van der Waals surface area (Å²) in [4.78, 5) is 11.7. The third-order valence-corrected chi connectivity index (χ3v) is 3.15. The van der Waals surface area contributed by atoms with E-state index >= 15 is 0 Å². The lowest BCUT2D eigenvalue weighted by Crippen LogP contribution is -2.19. The van der Waals surface area contributed by atoms with E-state index in [2.05, 4.69) is 12.2 Å². The Morgan fingerprint density at radius 1 is 1.30 bits per heavy atom. The Kier molecular flexibility index (Phi) is 8.07. The van der Waals surface area contributed by atoms with E-state index in [1.807, 2.05) is 0 Å². The molecular weight excluding hydrogens is 276 g/mol. The fourth-order valence-corrected chi connectivity index (χ4v) is 1.97. The number of nitrogens with two attached hydrogens (primary N) is 1. The van der Waals surface area contributed by atoms with Gasteiger partial charge in [-0.2, -0.15) is 0 Å². The van der Waals surface area contributed by atoms with Crippen LogP contribution in [0.2, 0.25) is 5.02 Å². The van der Waals surface area contributed by atoms with Gasteiger partial charge < -0.3 is 15.8 Å². The minimum atomic E-state index is -0.215. The second-order valence-corrected chi connectivity index (χ2v) is 5.18. The van der Waals surface area contributed by atoms with Crippen LogP contribution in [0.1, 0.15) is 39.0 Å². The highest BCUT2D eigenvalue weighted by Gasteiger charge is 2.06. The molecule has 0 fully saturated rings. The fourth-order valence-electron chi connectivity index (χ4n) is 1.80. The van der Waals surface area contributed by atoms with Gasteiger partial charge in [-0.05, 0) is 24.6 Å². The number of benzene rings is 1.